The quantitative estimate of drug-likeness (QED) is 0.130. The Kier molecular flexibility index (Phi) is 8.18. The average Bonchev–Trinajstić information content (AvgIpc) is 3.32. The molecule has 1 N–H and O–H groups in total. The molecule has 236 valence electrons. The fourth-order valence-corrected chi connectivity index (χ4v) is 12.3. The number of fused-ring (bicyclic) bond motifs is 7. The predicted molar refractivity (Wildman–Crippen MR) is 164 cm³/mol. The largest absolute Gasteiger partial charge is 0.356 e. The highest BCUT2D eigenvalue weighted by atomic mass is 16.9. The SMILES string of the molecule is C=C(C)[C@@H]1CC[C@]2(C(=O)NCCCCCO[N+](=O)[O-])CC[C@]3(C)[C@H](CC[C@@H]4[C@@]5(C)CCC(=O)C(C)(C)[C@@H]5CC[C@]43C)[C@@H]12. The minimum absolute atomic E-state index is 0.112. The summed E-state index contributed by atoms with van der Waals surface area (Å²) in [6.45, 7) is 19.5. The number of amides is 1. The van der Waals surface area contributed by atoms with E-state index >= 15 is 0 Å². The lowest BCUT2D eigenvalue weighted by atomic mass is 9.32. The van der Waals surface area contributed by atoms with Crippen LogP contribution in [0.4, 0.5) is 0 Å². The molecule has 5 rings (SSSR count). The molecule has 5 fully saturated rings. The molecule has 0 spiro atoms. The van der Waals surface area contributed by atoms with Gasteiger partial charge in [0.15, 0.2) is 0 Å². The van der Waals surface area contributed by atoms with Crippen molar-refractivity contribution in [2.45, 2.75) is 125 Å². The van der Waals surface area contributed by atoms with Crippen LogP contribution in [0.5, 0.6) is 0 Å². The monoisotopic (exact) mass is 584 g/mol. The van der Waals surface area contributed by atoms with Gasteiger partial charge in [-0.1, -0.05) is 46.8 Å². The summed E-state index contributed by atoms with van der Waals surface area (Å²) in [6.07, 6.45) is 12.7. The Hall–Kier alpha value is -1.92. The van der Waals surface area contributed by atoms with Crippen molar-refractivity contribution in [2.24, 2.45) is 56.7 Å². The highest BCUT2D eigenvalue weighted by Crippen LogP contribution is 2.77. The fourth-order valence-electron chi connectivity index (χ4n) is 12.3. The zero-order valence-corrected chi connectivity index (χ0v) is 27.2. The van der Waals surface area contributed by atoms with Gasteiger partial charge in [0.1, 0.15) is 5.78 Å². The van der Waals surface area contributed by atoms with Crippen molar-refractivity contribution in [3.8, 4) is 0 Å². The smallest absolute Gasteiger partial charge is 0.294 e. The second kappa shape index (κ2) is 10.9. The summed E-state index contributed by atoms with van der Waals surface area (Å²) in [5, 5.41) is 13.0. The molecular formula is C35H56N2O5. The van der Waals surface area contributed by atoms with Crippen molar-refractivity contribution in [2.75, 3.05) is 13.2 Å². The van der Waals surface area contributed by atoms with Crippen LogP contribution in [0.2, 0.25) is 0 Å². The molecular weight excluding hydrogens is 528 g/mol. The lowest BCUT2D eigenvalue weighted by molar-refractivity contribution is -0.757. The van der Waals surface area contributed by atoms with E-state index in [0.717, 1.165) is 57.8 Å². The molecule has 7 nitrogen and oxygen atoms in total. The first-order valence-corrected chi connectivity index (χ1v) is 16.9. The van der Waals surface area contributed by atoms with Crippen molar-refractivity contribution in [1.82, 2.24) is 5.32 Å². The Morgan fingerprint density at radius 3 is 2.38 bits per heavy atom. The first-order valence-electron chi connectivity index (χ1n) is 16.9. The molecule has 0 aromatic heterocycles. The third kappa shape index (κ3) is 4.57. The zero-order chi connectivity index (χ0) is 30.7. The van der Waals surface area contributed by atoms with Gasteiger partial charge in [0, 0.05) is 18.4 Å². The van der Waals surface area contributed by atoms with Crippen LogP contribution in [0.15, 0.2) is 12.2 Å². The van der Waals surface area contributed by atoms with Gasteiger partial charge in [-0.15, -0.1) is 10.1 Å². The summed E-state index contributed by atoms with van der Waals surface area (Å²) in [5.41, 5.74) is 1.24. The van der Waals surface area contributed by atoms with Gasteiger partial charge in [-0.3, -0.25) is 9.59 Å². The maximum Gasteiger partial charge on any atom is 0.294 e. The number of nitrogens with zero attached hydrogens (tertiary/aromatic N) is 1. The van der Waals surface area contributed by atoms with Crippen molar-refractivity contribution in [3.05, 3.63) is 22.3 Å². The predicted octanol–water partition coefficient (Wildman–Crippen LogP) is 7.71. The number of rotatable bonds is 9. The summed E-state index contributed by atoms with van der Waals surface area (Å²) in [6, 6.07) is 0. The molecule has 0 aliphatic heterocycles. The topological polar surface area (TPSA) is 98.5 Å². The molecule has 7 heteroatoms. The Morgan fingerprint density at radius 1 is 0.952 bits per heavy atom. The number of Topliss-reactive ketones (excluding diaryl/α,β-unsaturated/α-hetero) is 1. The van der Waals surface area contributed by atoms with Crippen molar-refractivity contribution < 1.29 is 19.5 Å². The molecule has 0 heterocycles. The van der Waals surface area contributed by atoms with Gasteiger partial charge in [0.25, 0.3) is 5.09 Å². The number of carbonyl (C=O) groups is 2. The Labute approximate surface area is 253 Å². The zero-order valence-electron chi connectivity index (χ0n) is 27.2. The lowest BCUT2D eigenvalue weighted by Gasteiger charge is -2.72. The van der Waals surface area contributed by atoms with Gasteiger partial charge in [0.05, 0.1) is 12.0 Å². The molecule has 0 radical (unpaired) electrons. The molecule has 42 heavy (non-hydrogen) atoms. The normalized spacial score (nSPS) is 43.8. The Morgan fingerprint density at radius 2 is 1.69 bits per heavy atom. The minimum atomic E-state index is -0.743. The average molecular weight is 585 g/mol. The van der Waals surface area contributed by atoms with Crippen LogP contribution < -0.4 is 5.32 Å². The molecule has 5 saturated carbocycles. The van der Waals surface area contributed by atoms with Gasteiger partial charge in [0.2, 0.25) is 5.91 Å². The van der Waals surface area contributed by atoms with Crippen LogP contribution in [-0.4, -0.2) is 29.9 Å². The van der Waals surface area contributed by atoms with Gasteiger partial charge in [-0.05, 0) is 130 Å². The van der Waals surface area contributed by atoms with Crippen LogP contribution in [0.25, 0.3) is 0 Å². The van der Waals surface area contributed by atoms with Crippen LogP contribution in [0.1, 0.15) is 125 Å². The van der Waals surface area contributed by atoms with Crippen LogP contribution in [0, 0.1) is 66.8 Å². The molecule has 5 aliphatic rings. The molecule has 1 amide bonds. The van der Waals surface area contributed by atoms with E-state index in [9.17, 15) is 19.7 Å². The van der Waals surface area contributed by atoms with E-state index in [1.807, 2.05) is 0 Å². The Bertz CT molecular complexity index is 1120. The van der Waals surface area contributed by atoms with E-state index in [2.05, 4.69) is 58.3 Å². The standard InChI is InChI=1S/C35H56N2O5/c1-23(2)24-13-18-35(30(39)36-21-9-8-10-22-42-37(40)41)20-19-33(6)25(29(24)35)11-12-27-32(5)16-15-28(38)31(3,4)26(32)14-17-34(27,33)7/h24-27,29H,1,8-22H2,2-7H3,(H,36,39)/t24-,25+,26-,27+,29+,32-,33+,34+,35-/m0/s1. The van der Waals surface area contributed by atoms with Crippen molar-refractivity contribution in [3.63, 3.8) is 0 Å². The molecule has 0 aromatic carbocycles. The molecule has 0 saturated heterocycles. The highest BCUT2D eigenvalue weighted by molar-refractivity contribution is 5.85. The van der Waals surface area contributed by atoms with Crippen LogP contribution in [-0.2, 0) is 14.4 Å². The number of unbranched alkanes of at least 4 members (excludes halogenated alkanes) is 2. The van der Waals surface area contributed by atoms with Crippen LogP contribution in [0.3, 0.4) is 0 Å². The third-order valence-electron chi connectivity index (χ3n) is 14.6. The van der Waals surface area contributed by atoms with E-state index in [1.54, 1.807) is 0 Å². The van der Waals surface area contributed by atoms with Crippen molar-refractivity contribution >= 4 is 11.7 Å². The van der Waals surface area contributed by atoms with E-state index in [4.69, 9.17) is 0 Å². The summed E-state index contributed by atoms with van der Waals surface area (Å²) in [5.74, 6) is 2.98. The molecule has 0 bridgehead atoms. The van der Waals surface area contributed by atoms with Gasteiger partial charge in [-0.25, -0.2) is 0 Å². The number of allylic oxidation sites excluding steroid dienone is 1. The van der Waals surface area contributed by atoms with E-state index < -0.39 is 5.09 Å². The number of hydrogen-bond acceptors (Lipinski definition) is 5. The number of nitrogens with one attached hydrogen (secondary N) is 1. The lowest BCUT2D eigenvalue weighted by Crippen LogP contribution is -2.67. The van der Waals surface area contributed by atoms with E-state index in [0.29, 0.717) is 48.3 Å². The second-order valence-electron chi connectivity index (χ2n) is 16.4. The summed E-state index contributed by atoms with van der Waals surface area (Å²) >= 11 is 0. The number of hydrogen-bond donors (Lipinski definition) is 1. The van der Waals surface area contributed by atoms with Gasteiger partial charge in [-0.2, -0.15) is 0 Å². The highest BCUT2D eigenvalue weighted by Gasteiger charge is 2.71. The maximum absolute atomic E-state index is 14.1. The van der Waals surface area contributed by atoms with Gasteiger partial charge >= 0.3 is 0 Å². The summed E-state index contributed by atoms with van der Waals surface area (Å²) < 4.78 is 0. The summed E-state index contributed by atoms with van der Waals surface area (Å²) in [4.78, 5) is 42.0. The minimum Gasteiger partial charge on any atom is -0.356 e. The first kappa shape index (κ1) is 31.5. The number of ketones is 1. The van der Waals surface area contributed by atoms with E-state index in [-0.39, 0.29) is 39.6 Å². The van der Waals surface area contributed by atoms with Crippen molar-refractivity contribution in [1.29, 1.82) is 0 Å². The molecule has 0 aromatic rings. The number of carbonyl (C=O) groups excluding carboxylic acids is 2. The maximum atomic E-state index is 14.1. The molecule has 9 atom stereocenters. The van der Waals surface area contributed by atoms with Gasteiger partial charge < -0.3 is 10.2 Å². The first-order chi connectivity index (χ1) is 19.6. The molecule has 0 unspecified atom stereocenters. The van der Waals surface area contributed by atoms with E-state index in [1.165, 1.54) is 24.8 Å². The fraction of sp³-hybridized carbons (Fsp3) is 0.886. The second-order valence-corrected chi connectivity index (χ2v) is 16.4. The van der Waals surface area contributed by atoms with Crippen LogP contribution >= 0.6 is 0 Å². The third-order valence-corrected chi connectivity index (χ3v) is 14.6. The summed E-state index contributed by atoms with van der Waals surface area (Å²) in [7, 11) is 0. The Balaban J connectivity index is 1.37. The molecule has 5 aliphatic carbocycles.